The maximum atomic E-state index is 12.2. The molecule has 0 saturated carbocycles. The van der Waals surface area contributed by atoms with Gasteiger partial charge < -0.3 is 14.8 Å². The van der Waals surface area contributed by atoms with Crippen molar-refractivity contribution in [3.8, 4) is 5.75 Å². The lowest BCUT2D eigenvalue weighted by Gasteiger charge is -2.10. The van der Waals surface area contributed by atoms with E-state index in [0.29, 0.717) is 5.75 Å². The molecule has 2 aromatic rings. The van der Waals surface area contributed by atoms with Crippen molar-refractivity contribution in [3.63, 3.8) is 0 Å². The Kier molecular flexibility index (Phi) is 7.03. The van der Waals surface area contributed by atoms with E-state index in [9.17, 15) is 19.7 Å². The number of hydrogen-bond donors (Lipinski definition) is 1. The third kappa shape index (κ3) is 5.35. The molecule has 0 aromatic heterocycles. The number of nitrogens with zero attached hydrogens (tertiary/aromatic N) is 1. The van der Waals surface area contributed by atoms with Gasteiger partial charge in [0.1, 0.15) is 16.3 Å². The minimum absolute atomic E-state index is 0.0507. The fourth-order valence-corrected chi connectivity index (χ4v) is 2.72. The molecule has 2 aromatic carbocycles. The van der Waals surface area contributed by atoms with E-state index in [1.807, 2.05) is 6.26 Å². The number of thioether (sulfide) groups is 1. The van der Waals surface area contributed by atoms with Gasteiger partial charge in [-0.05, 0) is 36.6 Å². The van der Waals surface area contributed by atoms with Crippen LogP contribution in [0.25, 0.3) is 0 Å². The van der Waals surface area contributed by atoms with Crippen LogP contribution in [0, 0.1) is 10.1 Å². The summed E-state index contributed by atoms with van der Waals surface area (Å²) in [6, 6.07) is 8.78. The lowest BCUT2D eigenvalue weighted by atomic mass is 10.2. The highest BCUT2D eigenvalue weighted by Gasteiger charge is 2.17. The summed E-state index contributed by atoms with van der Waals surface area (Å²) in [5.41, 5.74) is 0.00404. The number of methoxy groups -OCH3 is 1. The Labute approximate surface area is 163 Å². The van der Waals surface area contributed by atoms with E-state index in [4.69, 9.17) is 21.1 Å². The number of nitro benzene ring substituents is 1. The molecule has 1 amide bonds. The van der Waals surface area contributed by atoms with Crippen LogP contribution >= 0.6 is 23.4 Å². The van der Waals surface area contributed by atoms with Crippen molar-refractivity contribution in [2.45, 2.75) is 4.90 Å². The minimum atomic E-state index is -0.725. The lowest BCUT2D eigenvalue weighted by Crippen LogP contribution is -2.21. The summed E-state index contributed by atoms with van der Waals surface area (Å²) < 4.78 is 10.1. The van der Waals surface area contributed by atoms with Crippen LogP contribution in [-0.2, 0) is 9.53 Å². The molecule has 0 heterocycles. The van der Waals surface area contributed by atoms with Gasteiger partial charge in [-0.1, -0.05) is 11.6 Å². The number of carbonyl (C=O) groups is 2. The molecule has 0 spiro atoms. The molecule has 142 valence electrons. The van der Waals surface area contributed by atoms with Crippen LogP contribution in [-0.4, -0.2) is 36.8 Å². The third-order valence-electron chi connectivity index (χ3n) is 3.39. The standard InChI is InChI=1S/C17H15ClN2O6S/c1-25-15-8-11(27-2)4-5-12(15)17(22)26-9-16(21)19-10-3-6-13(18)14(7-10)20(23)24/h3-8H,9H2,1-2H3,(H,19,21). The normalized spacial score (nSPS) is 10.2. The molecular formula is C17H15ClN2O6S. The number of ether oxygens (including phenoxy) is 2. The van der Waals surface area contributed by atoms with E-state index < -0.39 is 23.4 Å². The van der Waals surface area contributed by atoms with E-state index in [-0.39, 0.29) is 22.0 Å². The van der Waals surface area contributed by atoms with Crippen LogP contribution in [0.4, 0.5) is 11.4 Å². The molecule has 1 N–H and O–H groups in total. The fraction of sp³-hybridized carbons (Fsp3) is 0.176. The van der Waals surface area contributed by atoms with Gasteiger partial charge in [0.15, 0.2) is 6.61 Å². The fourth-order valence-electron chi connectivity index (χ4n) is 2.10. The van der Waals surface area contributed by atoms with E-state index in [1.165, 1.54) is 31.0 Å². The molecule has 0 aliphatic heterocycles. The summed E-state index contributed by atoms with van der Waals surface area (Å²) in [5, 5.41) is 13.2. The second kappa shape index (κ2) is 9.24. The van der Waals surface area contributed by atoms with Gasteiger partial charge in [0.25, 0.3) is 11.6 Å². The summed E-state index contributed by atoms with van der Waals surface area (Å²) >= 11 is 7.20. The quantitative estimate of drug-likeness (QED) is 0.320. The highest BCUT2D eigenvalue weighted by Crippen LogP contribution is 2.28. The van der Waals surface area contributed by atoms with Crippen molar-refractivity contribution in [1.29, 1.82) is 0 Å². The Hall–Kier alpha value is -2.78. The number of anilines is 1. The first-order chi connectivity index (χ1) is 12.8. The number of amides is 1. The molecule has 2 rings (SSSR count). The molecule has 0 fully saturated rings. The van der Waals surface area contributed by atoms with Gasteiger partial charge in [-0.25, -0.2) is 4.79 Å². The third-order valence-corrected chi connectivity index (χ3v) is 4.43. The van der Waals surface area contributed by atoms with Gasteiger partial charge in [-0.3, -0.25) is 14.9 Å². The van der Waals surface area contributed by atoms with E-state index in [2.05, 4.69) is 5.32 Å². The van der Waals surface area contributed by atoms with Gasteiger partial charge in [0.2, 0.25) is 0 Å². The van der Waals surface area contributed by atoms with Crippen LogP contribution in [0.2, 0.25) is 5.02 Å². The average molecular weight is 411 g/mol. The van der Waals surface area contributed by atoms with Gasteiger partial charge in [0.05, 0.1) is 12.0 Å². The zero-order valence-corrected chi connectivity index (χ0v) is 15.9. The minimum Gasteiger partial charge on any atom is -0.496 e. The van der Waals surface area contributed by atoms with Crippen molar-refractivity contribution in [2.24, 2.45) is 0 Å². The van der Waals surface area contributed by atoms with Crippen LogP contribution in [0.5, 0.6) is 5.75 Å². The molecule has 0 radical (unpaired) electrons. The lowest BCUT2D eigenvalue weighted by molar-refractivity contribution is -0.384. The highest BCUT2D eigenvalue weighted by molar-refractivity contribution is 7.98. The molecule has 0 saturated heterocycles. The molecular weight excluding hydrogens is 396 g/mol. The number of nitrogens with one attached hydrogen (secondary N) is 1. The molecule has 0 atom stereocenters. The summed E-state index contributed by atoms with van der Waals surface area (Å²) in [6.07, 6.45) is 1.89. The number of esters is 1. The number of halogens is 1. The maximum absolute atomic E-state index is 12.2. The number of nitro groups is 1. The predicted octanol–water partition coefficient (Wildman–Crippen LogP) is 3.77. The molecule has 10 heteroatoms. The SMILES string of the molecule is COc1cc(SC)ccc1C(=O)OCC(=O)Nc1ccc(Cl)c([N+](=O)[O-])c1. The van der Waals surface area contributed by atoms with Crippen LogP contribution < -0.4 is 10.1 Å². The number of rotatable bonds is 7. The van der Waals surface area contributed by atoms with E-state index in [1.54, 1.807) is 18.2 Å². The summed E-state index contributed by atoms with van der Waals surface area (Å²) in [4.78, 5) is 35.2. The van der Waals surface area contributed by atoms with Gasteiger partial charge in [-0.15, -0.1) is 11.8 Å². The van der Waals surface area contributed by atoms with Gasteiger partial charge in [-0.2, -0.15) is 0 Å². The Balaban J connectivity index is 2.00. The molecule has 0 aliphatic rings. The van der Waals surface area contributed by atoms with Crippen molar-refractivity contribution in [1.82, 2.24) is 0 Å². The van der Waals surface area contributed by atoms with E-state index >= 15 is 0 Å². The first-order valence-electron chi connectivity index (χ1n) is 7.48. The van der Waals surface area contributed by atoms with Crippen molar-refractivity contribution in [2.75, 3.05) is 25.3 Å². The summed E-state index contributed by atoms with van der Waals surface area (Å²) in [5.74, 6) is -1.04. The van der Waals surface area contributed by atoms with Gasteiger partial charge >= 0.3 is 5.97 Å². The predicted molar refractivity (Wildman–Crippen MR) is 102 cm³/mol. The van der Waals surface area contributed by atoms with Crippen LogP contribution in [0.3, 0.4) is 0 Å². The first kappa shape index (κ1) is 20.5. The smallest absolute Gasteiger partial charge is 0.342 e. The highest BCUT2D eigenvalue weighted by atomic mass is 35.5. The number of hydrogen-bond acceptors (Lipinski definition) is 7. The Morgan fingerprint density at radius 1 is 1.26 bits per heavy atom. The zero-order chi connectivity index (χ0) is 20.0. The largest absolute Gasteiger partial charge is 0.496 e. The Morgan fingerprint density at radius 2 is 2.00 bits per heavy atom. The molecule has 0 bridgehead atoms. The Bertz CT molecular complexity index is 890. The molecule has 8 nitrogen and oxygen atoms in total. The zero-order valence-electron chi connectivity index (χ0n) is 14.4. The second-order valence-electron chi connectivity index (χ2n) is 5.11. The topological polar surface area (TPSA) is 108 Å². The van der Waals surface area contributed by atoms with Crippen molar-refractivity contribution < 1.29 is 24.0 Å². The van der Waals surface area contributed by atoms with Crippen LogP contribution in [0.15, 0.2) is 41.3 Å². The van der Waals surface area contributed by atoms with Crippen molar-refractivity contribution in [3.05, 3.63) is 57.1 Å². The summed E-state index contributed by atoms with van der Waals surface area (Å²) in [6.45, 7) is -0.567. The van der Waals surface area contributed by atoms with E-state index in [0.717, 1.165) is 11.0 Å². The molecule has 0 aliphatic carbocycles. The van der Waals surface area contributed by atoms with Crippen molar-refractivity contribution >= 4 is 46.6 Å². The molecule has 0 unspecified atom stereocenters. The average Bonchev–Trinajstić information content (AvgIpc) is 2.66. The monoisotopic (exact) mass is 410 g/mol. The molecule has 27 heavy (non-hydrogen) atoms. The number of carbonyl (C=O) groups excluding carboxylic acids is 2. The second-order valence-corrected chi connectivity index (χ2v) is 6.40. The van der Waals surface area contributed by atoms with Crippen LogP contribution in [0.1, 0.15) is 10.4 Å². The van der Waals surface area contributed by atoms with Gasteiger partial charge in [0, 0.05) is 16.6 Å². The Morgan fingerprint density at radius 3 is 2.63 bits per heavy atom. The number of benzene rings is 2. The maximum Gasteiger partial charge on any atom is 0.342 e. The first-order valence-corrected chi connectivity index (χ1v) is 9.09. The summed E-state index contributed by atoms with van der Waals surface area (Å²) in [7, 11) is 1.43.